The normalized spacial score (nSPS) is 14.2. The van der Waals surface area contributed by atoms with Gasteiger partial charge in [0.2, 0.25) is 11.8 Å². The van der Waals surface area contributed by atoms with Crippen molar-refractivity contribution in [3.05, 3.63) is 66.7 Å². The highest BCUT2D eigenvalue weighted by Crippen LogP contribution is 2.23. The summed E-state index contributed by atoms with van der Waals surface area (Å²) in [6.45, 7) is 5.76. The first kappa shape index (κ1) is 35.2. The van der Waals surface area contributed by atoms with Crippen molar-refractivity contribution >= 4 is 35.8 Å². The number of aromatic nitrogens is 4. The zero-order valence-electron chi connectivity index (χ0n) is 25.9. The number of aromatic amines is 1. The average molecular weight is 636 g/mol. The third-order valence-electron chi connectivity index (χ3n) is 7.11. The number of para-hydroxylation sites is 2. The molecule has 246 valence electrons. The predicted octanol–water partition coefficient (Wildman–Crippen LogP) is 2.86. The van der Waals surface area contributed by atoms with Gasteiger partial charge in [-0.1, -0.05) is 24.3 Å². The monoisotopic (exact) mass is 635 g/mol. The first-order chi connectivity index (χ1) is 22.4. The van der Waals surface area contributed by atoms with Crippen LogP contribution in [0.4, 0.5) is 0 Å². The summed E-state index contributed by atoms with van der Waals surface area (Å²) in [5.74, 6) is 2.30. The van der Waals surface area contributed by atoms with E-state index in [4.69, 9.17) is 29.5 Å². The van der Waals surface area contributed by atoms with Gasteiger partial charge >= 0.3 is 0 Å². The Kier molecular flexibility index (Phi) is 14.7. The van der Waals surface area contributed by atoms with Gasteiger partial charge in [-0.3, -0.25) is 24.1 Å². The van der Waals surface area contributed by atoms with Crippen LogP contribution in [0, 0.1) is 0 Å². The lowest BCUT2D eigenvalue weighted by molar-refractivity contribution is -0.132. The minimum Gasteiger partial charge on any atom is -0.494 e. The molecule has 0 spiro atoms. The minimum atomic E-state index is -0.250. The molecule has 2 aromatic carbocycles. The number of carbonyl (C=O) groups is 4. The number of rotatable bonds is 4. The molecule has 4 aromatic rings. The summed E-state index contributed by atoms with van der Waals surface area (Å²) in [6, 6.07) is 16.1. The summed E-state index contributed by atoms with van der Waals surface area (Å²) < 4.78 is 8.19. The average Bonchev–Trinajstić information content (AvgIpc) is 3.68. The van der Waals surface area contributed by atoms with E-state index in [0.717, 1.165) is 72.9 Å². The Labute approximate surface area is 267 Å². The first-order valence-corrected chi connectivity index (χ1v) is 15.0. The van der Waals surface area contributed by atoms with Crippen molar-refractivity contribution in [3.63, 3.8) is 0 Å². The number of imidazole rings is 2. The molecule has 0 aliphatic carbocycles. The highest BCUT2D eigenvalue weighted by molar-refractivity contribution is 5.83. The molecule has 1 aliphatic heterocycles. The molecule has 1 aliphatic rings. The van der Waals surface area contributed by atoms with Crippen LogP contribution in [0.25, 0.3) is 22.4 Å². The van der Waals surface area contributed by atoms with E-state index in [1.54, 1.807) is 6.20 Å². The second-order valence-electron chi connectivity index (χ2n) is 10.4. The molecule has 0 atom stereocenters. The van der Waals surface area contributed by atoms with E-state index in [2.05, 4.69) is 24.8 Å². The van der Waals surface area contributed by atoms with Gasteiger partial charge in [-0.2, -0.15) is 0 Å². The van der Waals surface area contributed by atoms with E-state index in [0.29, 0.717) is 26.2 Å². The number of benzene rings is 2. The third-order valence-corrected chi connectivity index (χ3v) is 7.11. The van der Waals surface area contributed by atoms with E-state index in [9.17, 15) is 9.59 Å². The van der Waals surface area contributed by atoms with Gasteiger partial charge in [-0.15, -0.1) is 0 Å². The number of ether oxygens (including phenoxy) is 1. The van der Waals surface area contributed by atoms with E-state index in [-0.39, 0.29) is 31.3 Å². The maximum Gasteiger partial charge on any atom is 0.290 e. The minimum absolute atomic E-state index is 0.00365. The molecule has 0 saturated carbocycles. The van der Waals surface area contributed by atoms with Gasteiger partial charge in [0, 0.05) is 51.1 Å². The van der Waals surface area contributed by atoms with Crippen LogP contribution >= 0.6 is 0 Å². The summed E-state index contributed by atoms with van der Waals surface area (Å²) in [5, 5.41) is 16.4. The SMILES string of the molecule is CC(=O)NCC(=O)N1CCCCN(Cc2nc3ccccc3[nH]2)CCCOc2cccc(c2)-c2nccn2CC1.O=CO.O=CO. The lowest BCUT2D eigenvalue weighted by atomic mass is 10.2. The number of nitrogens with one attached hydrogen (secondary N) is 2. The molecule has 0 unspecified atom stereocenters. The second-order valence-corrected chi connectivity index (χ2v) is 10.4. The topological polar surface area (TPSA) is 183 Å². The Hall–Kier alpha value is -5.24. The number of amides is 2. The zero-order valence-corrected chi connectivity index (χ0v) is 25.9. The predicted molar refractivity (Wildman–Crippen MR) is 171 cm³/mol. The lowest BCUT2D eigenvalue weighted by Gasteiger charge is -2.25. The molecule has 14 nitrogen and oxygen atoms in total. The fourth-order valence-corrected chi connectivity index (χ4v) is 5.05. The molecule has 4 N–H and O–H groups in total. The van der Waals surface area contributed by atoms with Crippen molar-refractivity contribution in [2.24, 2.45) is 0 Å². The molecular weight excluding hydrogens is 594 g/mol. The smallest absolute Gasteiger partial charge is 0.290 e. The standard InChI is InChI=1S/C30H37N7O3.2CH2O2/c1-23(38)32-21-29(39)36-15-5-4-13-35(22-28-33-26-10-2-3-11-27(26)34-28)14-7-19-40-25-9-6-8-24(20-25)30-31-12-16-37(30)18-17-36;2*2-1-3/h2-3,6,8-12,16,20H,4-5,7,13-15,17-19,21-22H2,1H3,(H,32,38)(H,33,34);2*1H,(H,2,3). The molecule has 0 fully saturated rings. The maximum atomic E-state index is 13.0. The second kappa shape index (κ2) is 19.2. The van der Waals surface area contributed by atoms with Crippen LogP contribution in [0.3, 0.4) is 0 Å². The maximum absolute atomic E-state index is 13.0. The summed E-state index contributed by atoms with van der Waals surface area (Å²) in [5.41, 5.74) is 2.98. The van der Waals surface area contributed by atoms with Gasteiger partial charge in [-0.25, -0.2) is 9.97 Å². The van der Waals surface area contributed by atoms with Crippen LogP contribution in [0.5, 0.6) is 5.75 Å². The van der Waals surface area contributed by atoms with Crippen LogP contribution in [-0.4, -0.2) is 104 Å². The van der Waals surface area contributed by atoms with Gasteiger partial charge in [0.25, 0.3) is 12.9 Å². The van der Waals surface area contributed by atoms with Gasteiger partial charge in [0.1, 0.15) is 17.4 Å². The van der Waals surface area contributed by atoms with Gasteiger partial charge < -0.3 is 34.7 Å². The Morgan fingerprint density at radius 3 is 2.48 bits per heavy atom. The number of hydrogen-bond acceptors (Lipinski definition) is 8. The number of fused-ring (bicyclic) bond motifs is 5. The fourth-order valence-electron chi connectivity index (χ4n) is 5.05. The molecule has 5 rings (SSSR count). The van der Waals surface area contributed by atoms with Crippen LogP contribution in [0.1, 0.15) is 32.0 Å². The lowest BCUT2D eigenvalue weighted by Crippen LogP contribution is -2.41. The summed E-state index contributed by atoms with van der Waals surface area (Å²) >= 11 is 0. The van der Waals surface area contributed by atoms with Crippen LogP contribution in [0.15, 0.2) is 60.9 Å². The molecule has 3 heterocycles. The fraction of sp³-hybridized carbons (Fsp3) is 0.375. The van der Waals surface area contributed by atoms with Crippen molar-refractivity contribution in [1.29, 1.82) is 0 Å². The Bertz CT molecular complexity index is 1500. The van der Waals surface area contributed by atoms with E-state index >= 15 is 0 Å². The number of carbonyl (C=O) groups excluding carboxylic acids is 2. The number of hydrogen-bond donors (Lipinski definition) is 4. The van der Waals surface area contributed by atoms with Crippen molar-refractivity contribution in [2.45, 2.75) is 39.3 Å². The van der Waals surface area contributed by atoms with E-state index < -0.39 is 0 Å². The van der Waals surface area contributed by atoms with Crippen molar-refractivity contribution in [1.82, 2.24) is 34.6 Å². The van der Waals surface area contributed by atoms with Crippen LogP contribution < -0.4 is 10.1 Å². The third kappa shape index (κ3) is 11.4. The van der Waals surface area contributed by atoms with Crippen molar-refractivity contribution in [3.8, 4) is 17.1 Å². The molecule has 2 aromatic heterocycles. The quantitative estimate of drug-likeness (QED) is 0.243. The summed E-state index contributed by atoms with van der Waals surface area (Å²) in [4.78, 5) is 58.2. The molecule has 0 saturated heterocycles. The first-order valence-electron chi connectivity index (χ1n) is 15.0. The van der Waals surface area contributed by atoms with Crippen molar-refractivity contribution in [2.75, 3.05) is 39.3 Å². The van der Waals surface area contributed by atoms with Crippen molar-refractivity contribution < 1.29 is 34.1 Å². The molecule has 2 bridgehead atoms. The molecule has 0 radical (unpaired) electrons. The van der Waals surface area contributed by atoms with Gasteiger partial charge in [-0.05, 0) is 50.1 Å². The number of nitrogens with zero attached hydrogens (tertiary/aromatic N) is 5. The van der Waals surface area contributed by atoms with Gasteiger partial charge in [0.15, 0.2) is 0 Å². The van der Waals surface area contributed by atoms with E-state index in [1.807, 2.05) is 59.6 Å². The zero-order chi connectivity index (χ0) is 33.1. The Morgan fingerprint density at radius 2 is 1.72 bits per heavy atom. The Morgan fingerprint density at radius 1 is 0.978 bits per heavy atom. The Balaban J connectivity index is 0.000000891. The molecule has 14 heteroatoms. The largest absolute Gasteiger partial charge is 0.494 e. The summed E-state index contributed by atoms with van der Waals surface area (Å²) in [6.07, 6.45) is 6.38. The highest BCUT2D eigenvalue weighted by atomic mass is 16.5. The number of carboxylic acid groups (broad SMARTS) is 2. The van der Waals surface area contributed by atoms with Gasteiger partial charge in [0.05, 0.1) is 30.7 Å². The summed E-state index contributed by atoms with van der Waals surface area (Å²) in [7, 11) is 0. The number of H-pyrrole nitrogens is 1. The van der Waals surface area contributed by atoms with Crippen LogP contribution in [0.2, 0.25) is 0 Å². The molecular formula is C32H41N7O7. The molecule has 46 heavy (non-hydrogen) atoms. The van der Waals surface area contributed by atoms with E-state index in [1.165, 1.54) is 6.92 Å². The molecule has 2 amide bonds. The highest BCUT2D eigenvalue weighted by Gasteiger charge is 2.17. The van der Waals surface area contributed by atoms with Crippen LogP contribution in [-0.2, 0) is 32.3 Å².